The molecule has 2 aromatic carbocycles. The number of carbonyl (C=O) groups is 1. The first-order valence-corrected chi connectivity index (χ1v) is 8.18. The van der Waals surface area contributed by atoms with Gasteiger partial charge in [-0.2, -0.15) is 0 Å². The molecule has 0 bridgehead atoms. The van der Waals surface area contributed by atoms with Gasteiger partial charge < -0.3 is 15.4 Å². The maximum absolute atomic E-state index is 12.1. The van der Waals surface area contributed by atoms with Crippen LogP contribution < -0.4 is 15.4 Å². The highest BCUT2D eigenvalue weighted by atomic mass is 35.5. The van der Waals surface area contributed by atoms with E-state index < -0.39 is 0 Å². The van der Waals surface area contributed by atoms with Gasteiger partial charge in [-0.25, -0.2) is 4.79 Å². The van der Waals surface area contributed by atoms with E-state index in [9.17, 15) is 4.79 Å². The molecule has 0 saturated heterocycles. The fourth-order valence-electron chi connectivity index (χ4n) is 2.71. The molecule has 0 heterocycles. The summed E-state index contributed by atoms with van der Waals surface area (Å²) in [7, 11) is 0. The minimum atomic E-state index is -0.299. The summed E-state index contributed by atoms with van der Waals surface area (Å²) in [4.78, 5) is 12.1. The summed E-state index contributed by atoms with van der Waals surface area (Å²) in [6, 6.07) is 7.48. The number of benzene rings is 2. The van der Waals surface area contributed by atoms with Gasteiger partial charge in [0, 0.05) is 10.7 Å². The molecule has 0 aliphatic rings. The van der Waals surface area contributed by atoms with E-state index in [2.05, 4.69) is 10.6 Å². The van der Waals surface area contributed by atoms with Gasteiger partial charge in [0.1, 0.15) is 5.75 Å². The summed E-state index contributed by atoms with van der Waals surface area (Å²) in [6.45, 7) is 9.91. The Morgan fingerprint density at radius 1 is 0.958 bits per heavy atom. The van der Waals surface area contributed by atoms with Crippen molar-refractivity contribution in [3.8, 4) is 5.75 Å². The predicted molar refractivity (Wildman–Crippen MR) is 99.2 cm³/mol. The zero-order chi connectivity index (χ0) is 17.9. The molecule has 2 aromatic rings. The van der Waals surface area contributed by atoms with Crippen LogP contribution in [0, 0.1) is 34.6 Å². The number of urea groups is 1. The molecule has 0 atom stereocenters. The van der Waals surface area contributed by atoms with Crippen LogP contribution in [0.4, 0.5) is 10.5 Å². The second kappa shape index (κ2) is 7.58. The zero-order valence-electron chi connectivity index (χ0n) is 14.7. The minimum absolute atomic E-state index is 0.0797. The van der Waals surface area contributed by atoms with Crippen LogP contribution in [0.1, 0.15) is 27.8 Å². The van der Waals surface area contributed by atoms with Crippen LogP contribution in [0.2, 0.25) is 5.02 Å². The average molecular weight is 347 g/mol. The molecule has 128 valence electrons. The van der Waals surface area contributed by atoms with Crippen molar-refractivity contribution in [1.82, 2.24) is 5.32 Å². The highest BCUT2D eigenvalue weighted by Gasteiger charge is 2.08. The summed E-state index contributed by atoms with van der Waals surface area (Å²) in [6.07, 6.45) is 0. The van der Waals surface area contributed by atoms with Crippen LogP contribution in [-0.2, 0) is 0 Å². The van der Waals surface area contributed by atoms with E-state index in [0.717, 1.165) is 33.0 Å². The third kappa shape index (κ3) is 4.42. The van der Waals surface area contributed by atoms with E-state index in [4.69, 9.17) is 16.3 Å². The van der Waals surface area contributed by atoms with Crippen molar-refractivity contribution >= 4 is 23.3 Å². The lowest BCUT2D eigenvalue weighted by molar-refractivity contribution is 0.234. The molecule has 2 N–H and O–H groups in total. The molecule has 0 aliphatic carbocycles. The SMILES string of the molecule is Cc1cc(C)c(NC(=O)NCOc2cc(C)c(Cl)c(C)c2)c(C)c1. The molecule has 0 fully saturated rings. The first-order valence-electron chi connectivity index (χ1n) is 7.80. The molecule has 0 saturated carbocycles. The van der Waals surface area contributed by atoms with Crippen LogP contribution in [-0.4, -0.2) is 12.8 Å². The van der Waals surface area contributed by atoms with Crippen LogP contribution in [0.25, 0.3) is 0 Å². The lowest BCUT2D eigenvalue weighted by atomic mass is 10.1. The molecule has 2 amide bonds. The van der Waals surface area contributed by atoms with Crippen LogP contribution >= 0.6 is 11.6 Å². The molecule has 0 spiro atoms. The Kier molecular flexibility index (Phi) is 5.73. The third-order valence-electron chi connectivity index (χ3n) is 3.80. The van der Waals surface area contributed by atoms with Crippen LogP contribution in [0.5, 0.6) is 5.75 Å². The van der Waals surface area contributed by atoms with E-state index in [1.54, 1.807) is 0 Å². The second-order valence-corrected chi connectivity index (χ2v) is 6.44. The maximum Gasteiger partial charge on any atom is 0.321 e. The van der Waals surface area contributed by atoms with Crippen molar-refractivity contribution in [3.05, 3.63) is 57.1 Å². The lowest BCUT2D eigenvalue weighted by Gasteiger charge is -2.14. The Hall–Kier alpha value is -2.20. The molecule has 0 unspecified atom stereocenters. The molecular formula is C19H23ClN2O2. The lowest BCUT2D eigenvalue weighted by Crippen LogP contribution is -2.32. The van der Waals surface area contributed by atoms with Crippen molar-refractivity contribution in [1.29, 1.82) is 0 Å². The summed E-state index contributed by atoms with van der Waals surface area (Å²) < 4.78 is 5.58. The zero-order valence-corrected chi connectivity index (χ0v) is 15.5. The smallest absolute Gasteiger partial charge is 0.321 e. The fourth-order valence-corrected chi connectivity index (χ4v) is 2.82. The number of ether oxygens (including phenoxy) is 1. The van der Waals surface area contributed by atoms with Gasteiger partial charge in [-0.1, -0.05) is 29.3 Å². The monoisotopic (exact) mass is 346 g/mol. The summed E-state index contributed by atoms with van der Waals surface area (Å²) in [5.74, 6) is 0.678. The normalized spacial score (nSPS) is 10.4. The van der Waals surface area contributed by atoms with Gasteiger partial charge in [-0.15, -0.1) is 0 Å². The molecule has 24 heavy (non-hydrogen) atoms. The van der Waals surface area contributed by atoms with Crippen molar-refractivity contribution in [3.63, 3.8) is 0 Å². The van der Waals surface area contributed by atoms with Gasteiger partial charge in [-0.3, -0.25) is 0 Å². The number of aryl methyl sites for hydroxylation is 5. The van der Waals surface area contributed by atoms with Crippen LogP contribution in [0.15, 0.2) is 24.3 Å². The number of amides is 2. The Morgan fingerprint density at radius 2 is 1.50 bits per heavy atom. The third-order valence-corrected chi connectivity index (χ3v) is 4.39. The molecule has 0 radical (unpaired) electrons. The molecule has 2 rings (SSSR count). The van der Waals surface area contributed by atoms with Crippen molar-refractivity contribution < 1.29 is 9.53 Å². The summed E-state index contributed by atoms with van der Waals surface area (Å²) >= 11 is 6.13. The highest BCUT2D eigenvalue weighted by Crippen LogP contribution is 2.25. The van der Waals surface area contributed by atoms with E-state index in [0.29, 0.717) is 5.75 Å². The number of anilines is 1. The number of halogens is 1. The standard InChI is InChI=1S/C19H23ClN2O2/c1-11-6-14(4)18(15(5)7-11)22-19(23)21-10-24-16-8-12(2)17(20)13(3)9-16/h6-9H,10H2,1-5H3,(H2,21,22,23). The van der Waals surface area contributed by atoms with Gasteiger partial charge in [0.05, 0.1) is 0 Å². The Morgan fingerprint density at radius 3 is 2.04 bits per heavy atom. The van der Waals surface area contributed by atoms with Gasteiger partial charge in [0.2, 0.25) is 0 Å². The maximum atomic E-state index is 12.1. The number of hydrogen-bond acceptors (Lipinski definition) is 2. The second-order valence-electron chi connectivity index (χ2n) is 6.06. The van der Waals surface area contributed by atoms with E-state index in [1.807, 2.05) is 58.9 Å². The molecule has 4 nitrogen and oxygen atoms in total. The van der Waals surface area contributed by atoms with Crippen molar-refractivity contribution in [2.45, 2.75) is 34.6 Å². The molecule has 5 heteroatoms. The van der Waals surface area contributed by atoms with Crippen LogP contribution in [0.3, 0.4) is 0 Å². The average Bonchev–Trinajstić information content (AvgIpc) is 2.48. The summed E-state index contributed by atoms with van der Waals surface area (Å²) in [5, 5.41) is 6.30. The number of carbonyl (C=O) groups excluding carboxylic acids is 1. The van der Waals surface area contributed by atoms with Crippen molar-refractivity contribution in [2.24, 2.45) is 0 Å². The minimum Gasteiger partial charge on any atom is -0.473 e. The van der Waals surface area contributed by atoms with Gasteiger partial charge in [-0.05, 0) is 69.0 Å². The molecule has 0 aromatic heterocycles. The van der Waals surface area contributed by atoms with Gasteiger partial charge >= 0.3 is 6.03 Å². The summed E-state index contributed by atoms with van der Waals surface area (Å²) in [5.41, 5.74) is 5.97. The molecular weight excluding hydrogens is 324 g/mol. The number of rotatable bonds is 4. The molecule has 0 aliphatic heterocycles. The van der Waals surface area contributed by atoms with E-state index in [-0.39, 0.29) is 12.8 Å². The fraction of sp³-hybridized carbons (Fsp3) is 0.316. The van der Waals surface area contributed by atoms with Crippen molar-refractivity contribution in [2.75, 3.05) is 12.0 Å². The quantitative estimate of drug-likeness (QED) is 0.762. The Bertz CT molecular complexity index is 726. The first kappa shape index (κ1) is 18.1. The highest BCUT2D eigenvalue weighted by molar-refractivity contribution is 6.32. The number of nitrogens with one attached hydrogen (secondary N) is 2. The first-order chi connectivity index (χ1) is 11.3. The van der Waals surface area contributed by atoms with Gasteiger partial charge in [0.25, 0.3) is 0 Å². The predicted octanol–water partition coefficient (Wildman–Crippen LogP) is 5.04. The van der Waals surface area contributed by atoms with Gasteiger partial charge in [0.15, 0.2) is 6.73 Å². The largest absolute Gasteiger partial charge is 0.473 e. The Labute approximate surface area is 148 Å². The van der Waals surface area contributed by atoms with E-state index >= 15 is 0 Å². The topological polar surface area (TPSA) is 50.4 Å². The Balaban J connectivity index is 1.93. The number of hydrogen-bond donors (Lipinski definition) is 2. The van der Waals surface area contributed by atoms with E-state index in [1.165, 1.54) is 5.56 Å².